The molecule has 0 saturated carbocycles. The molecule has 0 spiro atoms. The highest BCUT2D eigenvalue weighted by molar-refractivity contribution is 9.10. The number of carbonyl (C=O) groups excluding carboxylic acids is 1. The molecule has 2 rings (SSSR count). The van der Waals surface area contributed by atoms with Gasteiger partial charge in [-0.2, -0.15) is 5.10 Å². The van der Waals surface area contributed by atoms with Crippen LogP contribution in [-0.4, -0.2) is 25.3 Å². The number of amides is 1. The Hall–Kier alpha value is -2.34. The fourth-order valence-corrected chi connectivity index (χ4v) is 2.48. The third-order valence-corrected chi connectivity index (χ3v) is 3.92. The first kappa shape index (κ1) is 19.0. The smallest absolute Gasteiger partial charge is 0.271 e. The molecule has 0 fully saturated rings. The van der Waals surface area contributed by atoms with Crippen molar-refractivity contribution < 1.29 is 14.3 Å². The summed E-state index contributed by atoms with van der Waals surface area (Å²) in [6.07, 6.45) is 2.48. The molecule has 0 radical (unpaired) electrons. The molecule has 1 N–H and O–H groups in total. The Kier molecular flexibility index (Phi) is 7.47. The van der Waals surface area contributed by atoms with Crippen molar-refractivity contribution >= 4 is 28.1 Å². The predicted octanol–water partition coefficient (Wildman–Crippen LogP) is 4.40. The summed E-state index contributed by atoms with van der Waals surface area (Å²) in [5.74, 6) is 1.07. The van der Waals surface area contributed by atoms with Crippen LogP contribution in [0.1, 0.15) is 36.2 Å². The van der Waals surface area contributed by atoms with Crippen molar-refractivity contribution in [3.63, 3.8) is 0 Å². The molecular formula is C19H21BrN2O3. The number of hydrogen-bond donors (Lipinski definition) is 1. The van der Waals surface area contributed by atoms with Crippen molar-refractivity contribution in [2.45, 2.75) is 20.3 Å². The van der Waals surface area contributed by atoms with Crippen LogP contribution in [0.3, 0.4) is 0 Å². The van der Waals surface area contributed by atoms with Crippen LogP contribution in [0.15, 0.2) is 52.0 Å². The van der Waals surface area contributed by atoms with Crippen LogP contribution in [0, 0.1) is 0 Å². The SMILES string of the molecule is CCCOc1cc(Br)c(/C=N/NC(=O)c2ccccc2)cc1OCC. The van der Waals surface area contributed by atoms with E-state index in [-0.39, 0.29) is 5.91 Å². The van der Waals surface area contributed by atoms with Crippen molar-refractivity contribution in [1.82, 2.24) is 5.43 Å². The molecule has 0 aliphatic heterocycles. The van der Waals surface area contributed by atoms with Crippen LogP contribution >= 0.6 is 15.9 Å². The number of hydrogen-bond acceptors (Lipinski definition) is 4. The van der Waals surface area contributed by atoms with E-state index in [9.17, 15) is 4.79 Å². The molecule has 1 amide bonds. The van der Waals surface area contributed by atoms with E-state index in [1.165, 1.54) is 0 Å². The second kappa shape index (κ2) is 9.84. The molecule has 5 nitrogen and oxygen atoms in total. The molecule has 0 aromatic heterocycles. The van der Waals surface area contributed by atoms with Crippen molar-refractivity contribution in [3.8, 4) is 11.5 Å². The largest absolute Gasteiger partial charge is 0.490 e. The van der Waals surface area contributed by atoms with Gasteiger partial charge in [0.15, 0.2) is 11.5 Å². The van der Waals surface area contributed by atoms with Crippen LogP contribution in [0.5, 0.6) is 11.5 Å². The van der Waals surface area contributed by atoms with Crippen LogP contribution in [0.2, 0.25) is 0 Å². The first-order valence-electron chi connectivity index (χ1n) is 8.13. The summed E-state index contributed by atoms with van der Waals surface area (Å²) >= 11 is 3.50. The first-order valence-corrected chi connectivity index (χ1v) is 8.92. The molecule has 6 heteroatoms. The minimum Gasteiger partial charge on any atom is -0.490 e. The van der Waals surface area contributed by atoms with E-state index in [0.717, 1.165) is 16.5 Å². The Labute approximate surface area is 156 Å². The molecule has 132 valence electrons. The normalized spacial score (nSPS) is 10.7. The van der Waals surface area contributed by atoms with Gasteiger partial charge in [0.2, 0.25) is 0 Å². The zero-order valence-electron chi connectivity index (χ0n) is 14.3. The number of carbonyl (C=O) groups is 1. The van der Waals surface area contributed by atoms with E-state index >= 15 is 0 Å². The Morgan fingerprint density at radius 1 is 1.16 bits per heavy atom. The van der Waals surface area contributed by atoms with Gasteiger partial charge in [-0.15, -0.1) is 0 Å². The maximum Gasteiger partial charge on any atom is 0.271 e. The Morgan fingerprint density at radius 2 is 1.88 bits per heavy atom. The molecule has 0 saturated heterocycles. The lowest BCUT2D eigenvalue weighted by Crippen LogP contribution is -2.17. The van der Waals surface area contributed by atoms with Crippen LogP contribution < -0.4 is 14.9 Å². The molecule has 0 aliphatic carbocycles. The van der Waals surface area contributed by atoms with E-state index in [4.69, 9.17) is 9.47 Å². The van der Waals surface area contributed by atoms with Gasteiger partial charge in [-0.1, -0.05) is 25.1 Å². The van der Waals surface area contributed by atoms with Gasteiger partial charge in [0, 0.05) is 15.6 Å². The highest BCUT2D eigenvalue weighted by atomic mass is 79.9. The number of nitrogens with one attached hydrogen (secondary N) is 1. The summed E-state index contributed by atoms with van der Waals surface area (Å²) < 4.78 is 12.1. The molecule has 0 atom stereocenters. The van der Waals surface area contributed by atoms with Gasteiger partial charge >= 0.3 is 0 Å². The van der Waals surface area contributed by atoms with Crippen molar-refractivity contribution in [2.75, 3.05) is 13.2 Å². The maximum atomic E-state index is 12.0. The zero-order chi connectivity index (χ0) is 18.1. The highest BCUT2D eigenvalue weighted by Crippen LogP contribution is 2.33. The maximum absolute atomic E-state index is 12.0. The van der Waals surface area contributed by atoms with Crippen molar-refractivity contribution in [3.05, 3.63) is 58.1 Å². The lowest BCUT2D eigenvalue weighted by atomic mass is 10.2. The molecule has 2 aromatic carbocycles. The molecule has 0 heterocycles. The van der Waals surface area contributed by atoms with Gasteiger partial charge in [0.05, 0.1) is 19.4 Å². The number of rotatable bonds is 8. The fraction of sp³-hybridized carbons (Fsp3) is 0.263. The number of halogens is 1. The molecule has 0 unspecified atom stereocenters. The Bertz CT molecular complexity index is 733. The zero-order valence-corrected chi connectivity index (χ0v) is 15.9. The Balaban J connectivity index is 2.12. The summed E-state index contributed by atoms with van der Waals surface area (Å²) in [5.41, 5.74) is 3.84. The van der Waals surface area contributed by atoms with Gasteiger partial charge in [-0.3, -0.25) is 4.79 Å². The van der Waals surface area contributed by atoms with E-state index in [1.54, 1.807) is 30.5 Å². The standard InChI is InChI=1S/C19H21BrN2O3/c1-3-10-25-18-12-16(20)15(11-17(18)24-4-2)13-21-22-19(23)14-8-6-5-7-9-14/h5-9,11-13H,3-4,10H2,1-2H3,(H,22,23)/b21-13+. The second-order valence-corrected chi connectivity index (χ2v) is 6.02. The minimum atomic E-state index is -0.263. The summed E-state index contributed by atoms with van der Waals surface area (Å²) in [5, 5.41) is 4.02. The topological polar surface area (TPSA) is 59.9 Å². The molecule has 2 aromatic rings. The third-order valence-electron chi connectivity index (χ3n) is 3.23. The quantitative estimate of drug-likeness (QED) is 0.523. The molecule has 0 aliphatic rings. The lowest BCUT2D eigenvalue weighted by molar-refractivity contribution is 0.0955. The summed E-state index contributed by atoms with van der Waals surface area (Å²) in [4.78, 5) is 12.0. The van der Waals surface area contributed by atoms with E-state index in [1.807, 2.05) is 32.0 Å². The van der Waals surface area contributed by atoms with Crippen LogP contribution in [-0.2, 0) is 0 Å². The third kappa shape index (κ3) is 5.60. The first-order chi connectivity index (χ1) is 12.2. The van der Waals surface area contributed by atoms with Gasteiger partial charge in [-0.05, 0) is 53.5 Å². The summed E-state index contributed by atoms with van der Waals surface area (Å²) in [7, 11) is 0. The second-order valence-electron chi connectivity index (χ2n) is 5.17. The van der Waals surface area contributed by atoms with Gasteiger partial charge in [0.25, 0.3) is 5.91 Å². The Morgan fingerprint density at radius 3 is 2.56 bits per heavy atom. The molecule has 0 bridgehead atoms. The van der Waals surface area contributed by atoms with Crippen LogP contribution in [0.25, 0.3) is 0 Å². The minimum absolute atomic E-state index is 0.263. The fourth-order valence-electron chi connectivity index (χ4n) is 2.06. The van der Waals surface area contributed by atoms with E-state index < -0.39 is 0 Å². The summed E-state index contributed by atoms with van der Waals surface area (Å²) in [6.45, 7) is 5.11. The highest BCUT2D eigenvalue weighted by Gasteiger charge is 2.10. The summed E-state index contributed by atoms with van der Waals surface area (Å²) in [6, 6.07) is 12.6. The van der Waals surface area contributed by atoms with E-state index in [2.05, 4.69) is 26.5 Å². The van der Waals surface area contributed by atoms with Crippen LogP contribution in [0.4, 0.5) is 0 Å². The lowest BCUT2D eigenvalue weighted by Gasteiger charge is -2.13. The number of hydrazone groups is 1. The monoisotopic (exact) mass is 404 g/mol. The van der Waals surface area contributed by atoms with Gasteiger partial charge in [-0.25, -0.2) is 5.43 Å². The predicted molar refractivity (Wildman–Crippen MR) is 103 cm³/mol. The van der Waals surface area contributed by atoms with E-state index in [0.29, 0.717) is 30.3 Å². The average molecular weight is 405 g/mol. The van der Waals surface area contributed by atoms with Crippen molar-refractivity contribution in [1.29, 1.82) is 0 Å². The number of benzene rings is 2. The molecular weight excluding hydrogens is 384 g/mol. The van der Waals surface area contributed by atoms with Crippen molar-refractivity contribution in [2.24, 2.45) is 5.10 Å². The number of ether oxygens (including phenoxy) is 2. The van der Waals surface area contributed by atoms with Gasteiger partial charge < -0.3 is 9.47 Å². The molecule has 25 heavy (non-hydrogen) atoms. The van der Waals surface area contributed by atoms with Gasteiger partial charge in [0.1, 0.15) is 0 Å². The average Bonchev–Trinajstić information content (AvgIpc) is 2.63. The number of nitrogens with zero attached hydrogens (tertiary/aromatic N) is 1.